The number of ether oxygens (including phenoxy) is 3. The molecule has 0 radical (unpaired) electrons. The van der Waals surface area contributed by atoms with Gasteiger partial charge in [-0.3, -0.25) is 24.5 Å². The van der Waals surface area contributed by atoms with Crippen LogP contribution in [0.4, 0.5) is 10.5 Å². The number of amides is 2. The van der Waals surface area contributed by atoms with E-state index >= 15 is 0 Å². The highest BCUT2D eigenvalue weighted by atomic mass is 16.6. The standard InChI is InChI=1S/C54H76N8O10/c1-30(2)28-60-19-16-54(17-20-60)57-43-40-41-47(64)35(7)48(65)42(40)50(67)45(44(43)58-54)56-52(68)32(4)14-12-13-31(3)27-33(5)46(63)36(8)51(34(6)38(70-11)15-26-71-37(9)49(41)66)72-53(69)62-24-22-61(23-25-62)29-39-55-18-21-59(39)10/h12-15,18,21,26,30-31,33-34,36-38,46,51,63-65,67H,16-17,19-20,22-25,27-29H2,1-11H3,(H,56,68)/b13-12+,26-15+,32-14-/t31-,33+,34+,36+,37?,38-,46?,51?/m0/s1. The Balaban J connectivity index is 1.26. The third-order valence-corrected chi connectivity index (χ3v) is 15.2. The monoisotopic (exact) mass is 997 g/mol. The molecule has 8 atom stereocenters. The first kappa shape index (κ1) is 54.0. The van der Waals surface area contributed by atoms with Gasteiger partial charge >= 0.3 is 6.09 Å². The van der Waals surface area contributed by atoms with E-state index in [0.29, 0.717) is 76.6 Å². The Kier molecular flexibility index (Phi) is 16.9. The number of hydrogen-bond acceptors (Lipinski definition) is 15. The number of aromatic hydroxyl groups is 3. The highest BCUT2D eigenvalue weighted by Gasteiger charge is 2.41. The number of nitrogens with zero attached hydrogens (tertiary/aromatic N) is 7. The number of methoxy groups -OCH3 is 1. The molecule has 5 aliphatic heterocycles. The Morgan fingerprint density at radius 2 is 1.58 bits per heavy atom. The molecule has 1 spiro atoms. The van der Waals surface area contributed by atoms with Gasteiger partial charge in [0.2, 0.25) is 5.78 Å². The number of likely N-dealkylation sites (tertiary alicyclic amines) is 1. The van der Waals surface area contributed by atoms with E-state index in [1.807, 2.05) is 51.6 Å². The van der Waals surface area contributed by atoms with Crippen LogP contribution in [0.25, 0.3) is 10.8 Å². The lowest BCUT2D eigenvalue weighted by molar-refractivity contribution is -0.112. The lowest BCUT2D eigenvalue weighted by Gasteiger charge is -2.39. The highest BCUT2D eigenvalue weighted by molar-refractivity contribution is 6.17. The predicted molar refractivity (Wildman–Crippen MR) is 273 cm³/mol. The van der Waals surface area contributed by atoms with Crippen molar-refractivity contribution in [1.82, 2.24) is 24.3 Å². The van der Waals surface area contributed by atoms with Gasteiger partial charge < -0.3 is 54.3 Å². The number of Topliss-reactive ketones (excluding diaryl/α,β-unsaturated/α-hetero) is 1. The number of benzene rings is 2. The second-order valence-corrected chi connectivity index (χ2v) is 21.1. The van der Waals surface area contributed by atoms with Crippen LogP contribution in [0.1, 0.15) is 96.4 Å². The summed E-state index contributed by atoms with van der Waals surface area (Å²) in [6.07, 6.45) is 9.42. The first-order chi connectivity index (χ1) is 34.1. The molecule has 6 heterocycles. The Bertz CT molecular complexity index is 2720. The fourth-order valence-electron chi connectivity index (χ4n) is 10.7. The van der Waals surface area contributed by atoms with Crippen molar-refractivity contribution < 1.29 is 49.0 Å². The number of piperazine rings is 1. The number of aliphatic hydroxyl groups excluding tert-OH is 1. The zero-order valence-corrected chi connectivity index (χ0v) is 43.9. The summed E-state index contributed by atoms with van der Waals surface area (Å²) in [5.41, 5.74) is -1.08. The van der Waals surface area contributed by atoms with Gasteiger partial charge in [0.25, 0.3) is 5.91 Å². The summed E-state index contributed by atoms with van der Waals surface area (Å²) in [5.74, 6) is -2.75. The molecule has 4 bridgehead atoms. The number of allylic oxidation sites excluding steroid dienone is 3. The van der Waals surface area contributed by atoms with Crippen LogP contribution in [0.2, 0.25) is 0 Å². The zero-order valence-electron chi connectivity index (χ0n) is 43.9. The third kappa shape index (κ3) is 11.4. The van der Waals surface area contributed by atoms with Crippen LogP contribution in [0.3, 0.4) is 0 Å². The summed E-state index contributed by atoms with van der Waals surface area (Å²) in [4.78, 5) is 63.9. The van der Waals surface area contributed by atoms with E-state index in [1.54, 1.807) is 36.2 Å². The van der Waals surface area contributed by atoms with Gasteiger partial charge in [-0.05, 0) is 51.0 Å². The average molecular weight is 997 g/mol. The molecule has 0 aliphatic carbocycles. The van der Waals surface area contributed by atoms with Gasteiger partial charge in [-0.15, -0.1) is 0 Å². The number of hydrogen-bond donors (Lipinski definition) is 5. The number of carbonyl (C=O) groups is 3. The number of rotatable bonds is 6. The number of anilines is 1. The number of ketones is 1. The van der Waals surface area contributed by atoms with Crippen molar-refractivity contribution in [3.05, 3.63) is 76.2 Å². The molecular weight excluding hydrogens is 921 g/mol. The van der Waals surface area contributed by atoms with E-state index in [-0.39, 0.29) is 50.1 Å². The maximum Gasteiger partial charge on any atom is 0.410 e. The lowest BCUT2D eigenvalue weighted by atomic mass is 9.79. The molecule has 5 N–H and O–H groups in total. The topological polar surface area (TPSA) is 224 Å². The van der Waals surface area contributed by atoms with Gasteiger partial charge in [-0.1, -0.05) is 59.8 Å². The number of piperidine rings is 1. The second kappa shape index (κ2) is 22.5. The molecule has 2 aromatic carbocycles. The van der Waals surface area contributed by atoms with Crippen molar-refractivity contribution in [1.29, 1.82) is 0 Å². The van der Waals surface area contributed by atoms with Crippen molar-refractivity contribution >= 4 is 34.2 Å². The fraction of sp³-hybridized carbons (Fsp3) is 0.593. The molecule has 0 saturated carbocycles. The van der Waals surface area contributed by atoms with Crippen molar-refractivity contribution in [3.8, 4) is 17.2 Å². The second-order valence-electron chi connectivity index (χ2n) is 21.1. The van der Waals surface area contributed by atoms with E-state index in [9.17, 15) is 34.8 Å². The minimum Gasteiger partial charge on any atom is -0.507 e. The minimum absolute atomic E-state index is 0.0150. The van der Waals surface area contributed by atoms with E-state index in [0.717, 1.165) is 12.4 Å². The molecule has 1 aromatic heterocycles. The number of nitrogens with one attached hydrogen (secondary N) is 1. The molecule has 5 aliphatic rings. The minimum atomic E-state index is -1.24. The summed E-state index contributed by atoms with van der Waals surface area (Å²) < 4.78 is 20.5. The number of phenols is 3. The predicted octanol–water partition coefficient (Wildman–Crippen LogP) is 5.89. The number of aryl methyl sites for hydroxylation is 1. The SMILES string of the molecule is CO[C@H]1/C=C/OC(C)C(=O)c2c(O)c(C)c(O)c3c(O)c(c4c(c23)=NC2(CCN(CC(C)C)CC2)N=4)NC(=O)/C(C)=C\C=C\[C@H](C)C[C@@H](C)C(O)[C@@H](C)C(OC(=O)N2CCN(Cc3nccn3C)CC2)[C@@H]1C. The quantitative estimate of drug-likeness (QED) is 0.182. The first-order valence-electron chi connectivity index (χ1n) is 25.5. The average Bonchev–Trinajstić information content (AvgIpc) is 3.93. The number of imidazole rings is 1. The first-order valence-corrected chi connectivity index (χ1v) is 25.5. The van der Waals surface area contributed by atoms with E-state index in [2.05, 4.69) is 33.9 Å². The van der Waals surface area contributed by atoms with Crippen LogP contribution in [-0.4, -0.2) is 145 Å². The summed E-state index contributed by atoms with van der Waals surface area (Å²) in [6, 6.07) is 0. The van der Waals surface area contributed by atoms with Crippen molar-refractivity contribution in [2.45, 2.75) is 118 Å². The van der Waals surface area contributed by atoms with Crippen molar-refractivity contribution in [2.75, 3.05) is 58.2 Å². The van der Waals surface area contributed by atoms with Gasteiger partial charge in [0.05, 0.1) is 41.3 Å². The van der Waals surface area contributed by atoms with Crippen LogP contribution in [0.5, 0.6) is 17.2 Å². The molecular formula is C54H76N8O10. The largest absolute Gasteiger partial charge is 0.507 e. The molecule has 3 unspecified atom stereocenters. The highest BCUT2D eigenvalue weighted by Crippen LogP contribution is 2.45. The zero-order chi connectivity index (χ0) is 52.3. The molecule has 72 heavy (non-hydrogen) atoms. The van der Waals surface area contributed by atoms with Gasteiger partial charge in [0.15, 0.2) is 17.5 Å². The van der Waals surface area contributed by atoms with Crippen LogP contribution < -0.4 is 16.0 Å². The maximum atomic E-state index is 14.8. The number of aromatic nitrogens is 2. The molecule has 392 valence electrons. The summed E-state index contributed by atoms with van der Waals surface area (Å²) >= 11 is 0. The van der Waals surface area contributed by atoms with Crippen molar-refractivity contribution in [2.24, 2.45) is 46.6 Å². The van der Waals surface area contributed by atoms with Gasteiger partial charge in [-0.25, -0.2) is 9.78 Å². The molecule has 2 saturated heterocycles. The van der Waals surface area contributed by atoms with E-state index in [1.165, 1.54) is 27.2 Å². The van der Waals surface area contributed by atoms with E-state index < -0.39 is 76.9 Å². The molecule has 18 nitrogen and oxygen atoms in total. The molecule has 2 fully saturated rings. The Labute approximate surface area is 422 Å². The molecule has 18 heteroatoms. The Morgan fingerprint density at radius 3 is 2.22 bits per heavy atom. The third-order valence-electron chi connectivity index (χ3n) is 15.2. The number of phenolic OH excluding ortho intramolecular Hbond substituents is 3. The van der Waals surface area contributed by atoms with Crippen molar-refractivity contribution in [3.63, 3.8) is 0 Å². The summed E-state index contributed by atoms with van der Waals surface area (Å²) in [5, 5.41) is 50.7. The van der Waals surface area contributed by atoms with E-state index in [4.69, 9.17) is 24.2 Å². The van der Waals surface area contributed by atoms with Gasteiger partial charge in [-0.2, -0.15) is 0 Å². The Hall–Kier alpha value is -5.82. The lowest BCUT2D eigenvalue weighted by Crippen LogP contribution is -2.51. The number of fused-ring (bicyclic) bond motifs is 15. The van der Waals surface area contributed by atoms with Crippen LogP contribution in [0.15, 0.2) is 58.5 Å². The van der Waals surface area contributed by atoms with Gasteiger partial charge in [0.1, 0.15) is 34.5 Å². The molecule has 3 aromatic rings. The fourth-order valence-corrected chi connectivity index (χ4v) is 10.7. The number of aliphatic hydroxyl groups is 1. The smallest absolute Gasteiger partial charge is 0.410 e. The maximum absolute atomic E-state index is 14.8. The van der Waals surface area contributed by atoms with Gasteiger partial charge in [0, 0.05) is 114 Å². The normalized spacial score (nSPS) is 28.7. The molecule has 2 amide bonds. The van der Waals surface area contributed by atoms with Crippen LogP contribution in [0, 0.1) is 36.5 Å². The van der Waals surface area contributed by atoms with Crippen LogP contribution >= 0.6 is 0 Å². The summed E-state index contributed by atoms with van der Waals surface area (Å²) in [7, 11) is 3.47. The molecule has 8 rings (SSSR count). The summed E-state index contributed by atoms with van der Waals surface area (Å²) in [6.45, 7) is 21.7. The number of carbonyl (C=O) groups excluding carboxylic acids is 3. The van der Waals surface area contributed by atoms with Crippen LogP contribution in [-0.2, 0) is 32.6 Å². The Morgan fingerprint density at radius 1 is 0.903 bits per heavy atom.